The molecule has 2 atom stereocenters. The van der Waals surface area contributed by atoms with Crippen LogP contribution in [0.3, 0.4) is 0 Å². The van der Waals surface area contributed by atoms with Gasteiger partial charge in [0.2, 0.25) is 0 Å². The van der Waals surface area contributed by atoms with Crippen LogP contribution in [0.15, 0.2) is 54.6 Å². The molecule has 1 fully saturated rings. The Kier molecular flexibility index (Phi) is 5.60. The summed E-state index contributed by atoms with van der Waals surface area (Å²) < 4.78 is 38.9. The molecule has 2 unspecified atom stereocenters. The van der Waals surface area contributed by atoms with Crippen molar-refractivity contribution in [1.82, 2.24) is 15.1 Å². The van der Waals surface area contributed by atoms with Gasteiger partial charge in [-0.3, -0.25) is 9.89 Å². The van der Waals surface area contributed by atoms with E-state index in [9.17, 15) is 18.0 Å². The van der Waals surface area contributed by atoms with Crippen LogP contribution >= 0.6 is 0 Å². The highest BCUT2D eigenvalue weighted by molar-refractivity contribution is 5.94. The molecule has 1 N–H and O–H groups in total. The summed E-state index contributed by atoms with van der Waals surface area (Å²) in [5.41, 5.74) is 2.21. The summed E-state index contributed by atoms with van der Waals surface area (Å²) >= 11 is 0. The van der Waals surface area contributed by atoms with Crippen molar-refractivity contribution in [2.75, 3.05) is 13.1 Å². The maximum absolute atomic E-state index is 13.0. The molecule has 1 aromatic heterocycles. The number of hydrogen-bond acceptors (Lipinski definition) is 2. The molecule has 0 bridgehead atoms. The number of likely N-dealkylation sites (tertiary alicyclic amines) is 1. The van der Waals surface area contributed by atoms with Crippen molar-refractivity contribution in [2.24, 2.45) is 11.8 Å². The molecular formula is C24H24F3N3O. The number of piperidine rings is 1. The quantitative estimate of drug-likeness (QED) is 0.567. The minimum absolute atomic E-state index is 0.0271. The van der Waals surface area contributed by atoms with Gasteiger partial charge in [0.25, 0.3) is 5.91 Å². The van der Waals surface area contributed by atoms with E-state index in [2.05, 4.69) is 24.0 Å². The monoisotopic (exact) mass is 427 g/mol. The van der Waals surface area contributed by atoms with Gasteiger partial charge in [-0.1, -0.05) is 38.1 Å². The molecule has 2 heterocycles. The highest BCUT2D eigenvalue weighted by Gasteiger charge is 2.30. The van der Waals surface area contributed by atoms with Gasteiger partial charge in [-0.15, -0.1) is 0 Å². The van der Waals surface area contributed by atoms with E-state index in [1.807, 2.05) is 17.0 Å². The van der Waals surface area contributed by atoms with Crippen molar-refractivity contribution in [3.05, 3.63) is 65.7 Å². The first-order chi connectivity index (χ1) is 14.7. The van der Waals surface area contributed by atoms with Gasteiger partial charge in [0.15, 0.2) is 0 Å². The topological polar surface area (TPSA) is 49.0 Å². The maximum atomic E-state index is 13.0. The highest BCUT2D eigenvalue weighted by Crippen LogP contribution is 2.32. The van der Waals surface area contributed by atoms with Crippen LogP contribution in [0.1, 0.15) is 36.2 Å². The lowest BCUT2D eigenvalue weighted by atomic mass is 9.91. The zero-order valence-electron chi connectivity index (χ0n) is 17.4. The number of hydrogen-bond donors (Lipinski definition) is 1. The molecule has 162 valence electrons. The third kappa shape index (κ3) is 4.65. The van der Waals surface area contributed by atoms with Crippen LogP contribution in [0.5, 0.6) is 0 Å². The average Bonchev–Trinajstić information content (AvgIpc) is 3.22. The Bertz CT molecular complexity index is 1060. The molecule has 1 aliphatic rings. The molecule has 0 saturated carbocycles. The van der Waals surface area contributed by atoms with Gasteiger partial charge < -0.3 is 4.90 Å². The molecule has 3 aromatic rings. The fourth-order valence-corrected chi connectivity index (χ4v) is 4.28. The van der Waals surface area contributed by atoms with E-state index in [-0.39, 0.29) is 5.91 Å². The van der Waals surface area contributed by atoms with Crippen LogP contribution in [0.4, 0.5) is 13.2 Å². The summed E-state index contributed by atoms with van der Waals surface area (Å²) in [6.07, 6.45) is -3.27. The molecule has 4 rings (SSSR count). The first kappa shape index (κ1) is 21.2. The van der Waals surface area contributed by atoms with Crippen molar-refractivity contribution < 1.29 is 18.0 Å². The largest absolute Gasteiger partial charge is 0.416 e. The van der Waals surface area contributed by atoms with Gasteiger partial charge in [0.05, 0.1) is 17.0 Å². The van der Waals surface area contributed by atoms with Gasteiger partial charge in [-0.2, -0.15) is 18.3 Å². The molecular weight excluding hydrogens is 403 g/mol. The SMILES string of the molecule is CC1CC(C)CN(C(=O)c2ccc(-c3cc(-c4cccc(C(F)(F)F)c4)n[nH]3)cc2)C1. The van der Waals surface area contributed by atoms with E-state index >= 15 is 0 Å². The summed E-state index contributed by atoms with van der Waals surface area (Å²) in [5, 5.41) is 7.04. The van der Waals surface area contributed by atoms with E-state index in [0.29, 0.717) is 34.4 Å². The summed E-state index contributed by atoms with van der Waals surface area (Å²) in [6, 6.07) is 14.0. The molecule has 0 aliphatic carbocycles. The predicted molar refractivity (Wildman–Crippen MR) is 113 cm³/mol. The Balaban J connectivity index is 1.52. The molecule has 0 radical (unpaired) electrons. The van der Waals surface area contributed by atoms with E-state index in [4.69, 9.17) is 0 Å². The zero-order valence-corrected chi connectivity index (χ0v) is 17.4. The Labute approximate surface area is 179 Å². The third-order valence-corrected chi connectivity index (χ3v) is 5.66. The standard InChI is InChI=1S/C24H24F3N3O/c1-15-10-16(2)14-30(13-15)23(31)18-8-6-17(7-9-18)21-12-22(29-28-21)19-4-3-5-20(11-19)24(25,26)27/h3-9,11-12,15-16H,10,13-14H2,1-2H3,(H,28,29). The number of nitrogens with one attached hydrogen (secondary N) is 1. The predicted octanol–water partition coefficient (Wildman–Crippen LogP) is 5.88. The van der Waals surface area contributed by atoms with Gasteiger partial charge in [0, 0.05) is 24.2 Å². The van der Waals surface area contributed by atoms with E-state index < -0.39 is 11.7 Å². The number of benzene rings is 2. The van der Waals surface area contributed by atoms with Crippen molar-refractivity contribution in [3.8, 4) is 22.5 Å². The third-order valence-electron chi connectivity index (χ3n) is 5.66. The lowest BCUT2D eigenvalue weighted by molar-refractivity contribution is -0.137. The average molecular weight is 427 g/mol. The molecule has 1 saturated heterocycles. The molecule has 0 spiro atoms. The molecule has 1 aliphatic heterocycles. The second-order valence-electron chi connectivity index (χ2n) is 8.48. The summed E-state index contributed by atoms with van der Waals surface area (Å²) in [4.78, 5) is 14.8. The molecule has 31 heavy (non-hydrogen) atoms. The summed E-state index contributed by atoms with van der Waals surface area (Å²) in [7, 11) is 0. The van der Waals surface area contributed by atoms with E-state index in [0.717, 1.165) is 37.2 Å². The van der Waals surface area contributed by atoms with Gasteiger partial charge >= 0.3 is 6.18 Å². The van der Waals surface area contributed by atoms with E-state index in [1.54, 1.807) is 24.3 Å². The number of aromatic nitrogens is 2. The minimum atomic E-state index is -4.40. The van der Waals surface area contributed by atoms with Gasteiger partial charge in [-0.25, -0.2) is 0 Å². The smallest absolute Gasteiger partial charge is 0.338 e. The van der Waals surface area contributed by atoms with Crippen LogP contribution in [-0.4, -0.2) is 34.1 Å². The van der Waals surface area contributed by atoms with Crippen LogP contribution < -0.4 is 0 Å². The fraction of sp³-hybridized carbons (Fsp3) is 0.333. The maximum Gasteiger partial charge on any atom is 0.416 e. The summed E-state index contributed by atoms with van der Waals surface area (Å²) in [6.45, 7) is 5.87. The van der Waals surface area contributed by atoms with Crippen LogP contribution in [-0.2, 0) is 6.18 Å². The lowest BCUT2D eigenvalue weighted by Gasteiger charge is -2.35. The number of amides is 1. The Morgan fingerprint density at radius 1 is 1.00 bits per heavy atom. The number of alkyl halides is 3. The minimum Gasteiger partial charge on any atom is -0.338 e. The second kappa shape index (κ2) is 8.21. The van der Waals surface area contributed by atoms with Crippen molar-refractivity contribution in [3.63, 3.8) is 0 Å². The Hall–Kier alpha value is -3.09. The molecule has 7 heteroatoms. The molecule has 4 nitrogen and oxygen atoms in total. The van der Waals surface area contributed by atoms with Gasteiger partial charge in [-0.05, 0) is 54.2 Å². The number of H-pyrrole nitrogens is 1. The number of carbonyl (C=O) groups excluding carboxylic acids is 1. The zero-order chi connectivity index (χ0) is 22.2. The first-order valence-electron chi connectivity index (χ1n) is 10.3. The Morgan fingerprint density at radius 2 is 1.68 bits per heavy atom. The molecule has 2 aromatic carbocycles. The lowest BCUT2D eigenvalue weighted by Crippen LogP contribution is -2.42. The Morgan fingerprint density at radius 3 is 2.32 bits per heavy atom. The second-order valence-corrected chi connectivity index (χ2v) is 8.48. The van der Waals surface area contributed by atoms with Crippen LogP contribution in [0.25, 0.3) is 22.5 Å². The van der Waals surface area contributed by atoms with Crippen LogP contribution in [0, 0.1) is 11.8 Å². The number of nitrogens with zero attached hydrogens (tertiary/aromatic N) is 2. The number of halogens is 3. The van der Waals surface area contributed by atoms with E-state index in [1.165, 1.54) is 6.07 Å². The number of aromatic amines is 1. The normalized spacial score (nSPS) is 19.5. The highest BCUT2D eigenvalue weighted by atomic mass is 19.4. The number of rotatable bonds is 3. The van der Waals surface area contributed by atoms with Crippen LogP contribution in [0.2, 0.25) is 0 Å². The first-order valence-corrected chi connectivity index (χ1v) is 10.3. The number of carbonyl (C=O) groups is 1. The van der Waals surface area contributed by atoms with Crippen molar-refractivity contribution >= 4 is 5.91 Å². The van der Waals surface area contributed by atoms with Gasteiger partial charge in [0.1, 0.15) is 0 Å². The molecule has 1 amide bonds. The van der Waals surface area contributed by atoms with Crippen molar-refractivity contribution in [2.45, 2.75) is 26.4 Å². The van der Waals surface area contributed by atoms with Crippen molar-refractivity contribution in [1.29, 1.82) is 0 Å². The summed E-state index contributed by atoms with van der Waals surface area (Å²) in [5.74, 6) is 1.01. The fourth-order valence-electron chi connectivity index (χ4n) is 4.28.